The molecule has 13 heavy (non-hydrogen) atoms. The molecule has 0 aromatic heterocycles. The van der Waals surface area contributed by atoms with Gasteiger partial charge in [0.15, 0.2) is 5.71 Å². The van der Waals surface area contributed by atoms with E-state index >= 15 is 0 Å². The maximum atomic E-state index is 11.2. The Bertz CT molecular complexity index is 210. The van der Waals surface area contributed by atoms with E-state index in [2.05, 4.69) is 11.5 Å². The maximum Gasteiger partial charge on any atom is 0.156 e. The van der Waals surface area contributed by atoms with E-state index in [0.717, 1.165) is 13.1 Å². The summed E-state index contributed by atoms with van der Waals surface area (Å²) in [6.45, 7) is 6.34. The lowest BCUT2D eigenvalue weighted by Gasteiger charge is -2.11. The van der Waals surface area contributed by atoms with Crippen molar-refractivity contribution in [3.8, 4) is 0 Å². The average Bonchev–Trinajstić information content (AvgIpc) is 2.19. The summed E-state index contributed by atoms with van der Waals surface area (Å²) in [6, 6.07) is 0. The topological polar surface area (TPSA) is 20.1 Å². The van der Waals surface area contributed by atoms with Gasteiger partial charge < -0.3 is 0 Å². The molecule has 0 saturated carbocycles. The van der Waals surface area contributed by atoms with Gasteiger partial charge in [-0.3, -0.25) is 4.79 Å². The summed E-state index contributed by atoms with van der Waals surface area (Å²) in [5.41, 5.74) is 1.27. The predicted octanol–water partition coefficient (Wildman–Crippen LogP) is 2.01. The van der Waals surface area contributed by atoms with Crippen molar-refractivity contribution in [2.24, 2.45) is 0 Å². The fraction of sp³-hybridized carbons (Fsp3) is 0.818. The van der Waals surface area contributed by atoms with Gasteiger partial charge >= 0.3 is 0 Å². The van der Waals surface area contributed by atoms with Crippen LogP contribution in [0.5, 0.6) is 0 Å². The lowest BCUT2D eigenvalue weighted by atomic mass is 10.1. The highest BCUT2D eigenvalue weighted by molar-refractivity contribution is 5.98. The molecule has 1 aliphatic rings. The second kappa shape index (κ2) is 5.15. The quantitative estimate of drug-likeness (QED) is 0.611. The number of rotatable bonds is 3. The van der Waals surface area contributed by atoms with E-state index in [1.165, 1.54) is 25.0 Å². The Morgan fingerprint density at radius 3 is 2.38 bits per heavy atom. The molecule has 0 aromatic carbocycles. The van der Waals surface area contributed by atoms with Crippen molar-refractivity contribution < 1.29 is 9.37 Å². The first-order valence-electron chi connectivity index (χ1n) is 5.33. The third kappa shape index (κ3) is 3.29. The first kappa shape index (κ1) is 10.4. The maximum absolute atomic E-state index is 11.2. The molecule has 0 spiro atoms. The minimum Gasteiger partial charge on any atom is -0.299 e. The van der Waals surface area contributed by atoms with Crippen LogP contribution >= 0.6 is 0 Å². The molecule has 2 heteroatoms. The Morgan fingerprint density at radius 2 is 1.85 bits per heavy atom. The van der Waals surface area contributed by atoms with Crippen molar-refractivity contribution in [2.45, 2.75) is 46.0 Å². The molecule has 1 rings (SSSR count). The van der Waals surface area contributed by atoms with E-state index in [-0.39, 0.29) is 0 Å². The first-order valence-corrected chi connectivity index (χ1v) is 5.33. The molecule has 0 aromatic rings. The predicted molar refractivity (Wildman–Crippen MR) is 54.4 cm³/mol. The molecule has 74 valence electrons. The van der Waals surface area contributed by atoms with Gasteiger partial charge in [-0.15, -0.1) is 0 Å². The fourth-order valence-electron chi connectivity index (χ4n) is 1.80. The van der Waals surface area contributed by atoms with Gasteiger partial charge in [-0.05, 0) is 6.42 Å². The van der Waals surface area contributed by atoms with Crippen LogP contribution in [-0.2, 0) is 4.79 Å². The highest BCUT2D eigenvalue weighted by atomic mass is 16.1. The molecule has 0 unspecified atom stereocenters. The first-order chi connectivity index (χ1) is 6.24. The Kier molecular flexibility index (Phi) is 4.13. The van der Waals surface area contributed by atoms with Crippen LogP contribution in [0.15, 0.2) is 0 Å². The van der Waals surface area contributed by atoms with Crippen molar-refractivity contribution in [3.05, 3.63) is 0 Å². The lowest BCUT2D eigenvalue weighted by Crippen LogP contribution is -2.26. The number of hydrogen-bond donors (Lipinski definition) is 0. The second-order valence-electron chi connectivity index (χ2n) is 3.85. The smallest absolute Gasteiger partial charge is 0.156 e. The standard InChI is InChI=1S/C11H20NO/c1-3-11(13)9-10(2)12-7-5-4-6-8-12/h3-9H2,1-2H3/q+1. The van der Waals surface area contributed by atoms with Crippen molar-refractivity contribution in [3.63, 3.8) is 0 Å². The van der Waals surface area contributed by atoms with Gasteiger partial charge in [-0.1, -0.05) is 6.92 Å². The van der Waals surface area contributed by atoms with Crippen LogP contribution in [0.4, 0.5) is 0 Å². The number of piperidine rings is 1. The van der Waals surface area contributed by atoms with E-state index < -0.39 is 0 Å². The Balaban J connectivity index is 2.51. The van der Waals surface area contributed by atoms with E-state index in [4.69, 9.17) is 0 Å². The lowest BCUT2D eigenvalue weighted by molar-refractivity contribution is -0.538. The fourth-order valence-corrected chi connectivity index (χ4v) is 1.80. The minimum atomic E-state index is 0.364. The monoisotopic (exact) mass is 182 g/mol. The minimum absolute atomic E-state index is 0.364. The van der Waals surface area contributed by atoms with Gasteiger partial charge in [0, 0.05) is 26.2 Å². The summed E-state index contributed by atoms with van der Waals surface area (Å²) < 4.78 is 2.37. The normalized spacial score (nSPS) is 17.2. The van der Waals surface area contributed by atoms with Gasteiger partial charge in [0.2, 0.25) is 0 Å². The van der Waals surface area contributed by atoms with Crippen molar-refractivity contribution in [2.75, 3.05) is 13.1 Å². The SMILES string of the molecule is CCC(=O)CC(C)=[N+]1CCCCC1. The third-order valence-electron chi connectivity index (χ3n) is 2.74. The number of carbonyl (C=O) groups excluding carboxylic acids is 1. The van der Waals surface area contributed by atoms with E-state index in [0.29, 0.717) is 18.6 Å². The number of ketones is 1. The summed E-state index contributed by atoms with van der Waals surface area (Å²) in [7, 11) is 0. The molecule has 1 fully saturated rings. The molecular weight excluding hydrogens is 162 g/mol. The summed E-state index contributed by atoms with van der Waals surface area (Å²) in [5.74, 6) is 0.364. The molecule has 1 saturated heterocycles. The van der Waals surface area contributed by atoms with Crippen molar-refractivity contribution in [1.82, 2.24) is 0 Å². The summed E-state index contributed by atoms with van der Waals surface area (Å²) in [5, 5.41) is 0. The van der Waals surface area contributed by atoms with Crippen LogP contribution in [0.2, 0.25) is 0 Å². The average molecular weight is 182 g/mol. The van der Waals surface area contributed by atoms with Gasteiger partial charge in [0.05, 0.1) is 6.42 Å². The second-order valence-corrected chi connectivity index (χ2v) is 3.85. The molecule has 0 atom stereocenters. The van der Waals surface area contributed by atoms with E-state index in [1.807, 2.05) is 6.92 Å². The Labute approximate surface area is 80.6 Å². The van der Waals surface area contributed by atoms with Crippen molar-refractivity contribution >= 4 is 11.5 Å². The summed E-state index contributed by atoms with van der Waals surface area (Å²) in [6.07, 6.45) is 5.27. The molecular formula is C11H20NO+. The van der Waals surface area contributed by atoms with Crippen LogP contribution < -0.4 is 0 Å². The molecule has 0 radical (unpaired) electrons. The molecule has 1 heterocycles. The van der Waals surface area contributed by atoms with Crippen LogP contribution in [0.3, 0.4) is 0 Å². The number of nitrogens with zero attached hydrogens (tertiary/aromatic N) is 1. The zero-order chi connectivity index (χ0) is 9.68. The third-order valence-corrected chi connectivity index (χ3v) is 2.74. The van der Waals surface area contributed by atoms with Crippen LogP contribution in [0.1, 0.15) is 46.0 Å². The van der Waals surface area contributed by atoms with E-state index in [9.17, 15) is 4.79 Å². The van der Waals surface area contributed by atoms with Crippen LogP contribution in [0, 0.1) is 0 Å². The zero-order valence-electron chi connectivity index (χ0n) is 8.81. The molecule has 1 aliphatic heterocycles. The van der Waals surface area contributed by atoms with Crippen LogP contribution in [0.25, 0.3) is 0 Å². The van der Waals surface area contributed by atoms with Crippen LogP contribution in [-0.4, -0.2) is 29.2 Å². The van der Waals surface area contributed by atoms with E-state index in [1.54, 1.807) is 0 Å². The molecule has 0 aliphatic carbocycles. The molecule has 2 nitrogen and oxygen atoms in total. The molecule has 0 bridgehead atoms. The highest BCUT2D eigenvalue weighted by Crippen LogP contribution is 2.05. The summed E-state index contributed by atoms with van der Waals surface area (Å²) in [4.78, 5) is 11.2. The molecule has 0 N–H and O–H groups in total. The molecule has 0 amide bonds. The largest absolute Gasteiger partial charge is 0.299 e. The van der Waals surface area contributed by atoms with Gasteiger partial charge in [-0.25, -0.2) is 4.58 Å². The van der Waals surface area contributed by atoms with Crippen molar-refractivity contribution in [1.29, 1.82) is 0 Å². The van der Waals surface area contributed by atoms with Gasteiger partial charge in [-0.2, -0.15) is 0 Å². The summed E-state index contributed by atoms with van der Waals surface area (Å²) >= 11 is 0. The zero-order valence-corrected chi connectivity index (χ0v) is 8.81. The van der Waals surface area contributed by atoms with Gasteiger partial charge in [0.1, 0.15) is 18.9 Å². The number of carbonyl (C=O) groups is 1. The number of Topliss-reactive ketones (excluding diaryl/α,β-unsaturated/α-hetero) is 1. The Hall–Kier alpha value is -0.660. The van der Waals surface area contributed by atoms with Gasteiger partial charge in [0.25, 0.3) is 0 Å². The highest BCUT2D eigenvalue weighted by Gasteiger charge is 2.16. The number of hydrogen-bond acceptors (Lipinski definition) is 1. The Morgan fingerprint density at radius 1 is 1.23 bits per heavy atom.